The van der Waals surface area contributed by atoms with Crippen molar-refractivity contribution < 1.29 is 22.9 Å². The molecule has 3 aromatic rings. The molecule has 11 heteroatoms. The zero-order valence-electron chi connectivity index (χ0n) is 16.4. The fourth-order valence-electron chi connectivity index (χ4n) is 2.76. The van der Waals surface area contributed by atoms with Gasteiger partial charge in [0.2, 0.25) is 0 Å². The lowest BCUT2D eigenvalue weighted by molar-refractivity contribution is -0.384. The number of aryl methyl sites for hydroxylation is 2. The first-order valence-corrected chi connectivity index (χ1v) is 9.90. The third-order valence-corrected chi connectivity index (χ3v) is 5.65. The van der Waals surface area contributed by atoms with Crippen LogP contribution in [0.4, 0.5) is 24.5 Å². The SMILES string of the molecule is CCc1ccc(-c2nc(C)c(C(=O)NNc3ccc(C(F)(F)F)cc3[N+](=O)[O-])s2)cc1. The summed E-state index contributed by atoms with van der Waals surface area (Å²) in [5.74, 6) is -0.611. The number of hydrazine groups is 1. The minimum Gasteiger partial charge on any atom is -0.292 e. The maximum atomic E-state index is 12.8. The molecule has 0 unspecified atom stereocenters. The molecule has 0 saturated heterocycles. The molecule has 0 aliphatic carbocycles. The summed E-state index contributed by atoms with van der Waals surface area (Å²) in [4.78, 5) is 27.4. The van der Waals surface area contributed by atoms with E-state index in [1.165, 1.54) is 0 Å². The van der Waals surface area contributed by atoms with Gasteiger partial charge in [0, 0.05) is 11.6 Å². The van der Waals surface area contributed by atoms with Gasteiger partial charge in [-0.15, -0.1) is 11.3 Å². The second kappa shape index (κ2) is 8.72. The van der Waals surface area contributed by atoms with Gasteiger partial charge in [0.05, 0.1) is 16.2 Å². The van der Waals surface area contributed by atoms with E-state index < -0.39 is 28.3 Å². The Morgan fingerprint density at radius 3 is 2.45 bits per heavy atom. The number of nitro benzene ring substituents is 1. The maximum Gasteiger partial charge on any atom is 0.416 e. The van der Waals surface area contributed by atoms with Crippen LogP contribution < -0.4 is 10.9 Å². The van der Waals surface area contributed by atoms with E-state index in [0.29, 0.717) is 22.8 Å². The van der Waals surface area contributed by atoms with Gasteiger partial charge in [0.25, 0.3) is 11.6 Å². The molecule has 1 heterocycles. The number of carbonyl (C=O) groups excluding carboxylic acids is 1. The van der Waals surface area contributed by atoms with E-state index in [-0.39, 0.29) is 10.6 Å². The number of alkyl halides is 3. The standard InChI is InChI=1S/C20H17F3N4O3S/c1-3-12-4-6-13(7-5-12)19-24-11(2)17(31-19)18(28)26-25-15-9-8-14(20(21,22)23)10-16(15)27(29)30/h4-10,25H,3H2,1-2H3,(H,26,28). The molecule has 0 radical (unpaired) electrons. The molecule has 0 saturated carbocycles. The van der Waals surface area contributed by atoms with Crippen molar-refractivity contribution in [3.63, 3.8) is 0 Å². The lowest BCUT2D eigenvalue weighted by Crippen LogP contribution is -2.29. The summed E-state index contributed by atoms with van der Waals surface area (Å²) in [6.45, 7) is 3.69. The molecule has 1 amide bonds. The van der Waals surface area contributed by atoms with Crippen molar-refractivity contribution in [3.05, 3.63) is 74.3 Å². The van der Waals surface area contributed by atoms with Crippen molar-refractivity contribution in [1.29, 1.82) is 0 Å². The first-order valence-electron chi connectivity index (χ1n) is 9.09. The average molecular weight is 450 g/mol. The first-order chi connectivity index (χ1) is 14.6. The largest absolute Gasteiger partial charge is 0.416 e. The van der Waals surface area contributed by atoms with Gasteiger partial charge < -0.3 is 0 Å². The van der Waals surface area contributed by atoms with Crippen LogP contribution in [0.1, 0.15) is 33.4 Å². The summed E-state index contributed by atoms with van der Waals surface area (Å²) in [5, 5.41) is 11.8. The van der Waals surface area contributed by atoms with Crippen molar-refractivity contribution in [2.24, 2.45) is 0 Å². The second-order valence-corrected chi connectivity index (χ2v) is 7.55. The van der Waals surface area contributed by atoms with E-state index in [1.54, 1.807) is 6.92 Å². The maximum absolute atomic E-state index is 12.8. The summed E-state index contributed by atoms with van der Waals surface area (Å²) in [6, 6.07) is 9.74. The Hall–Kier alpha value is -3.47. The molecule has 0 fully saturated rings. The quantitative estimate of drug-likeness (QED) is 0.389. The topological polar surface area (TPSA) is 97.2 Å². The zero-order chi connectivity index (χ0) is 22.8. The molecule has 1 aromatic heterocycles. The number of hydrogen-bond donors (Lipinski definition) is 2. The van der Waals surface area contributed by atoms with Gasteiger partial charge in [0.1, 0.15) is 15.6 Å². The van der Waals surface area contributed by atoms with E-state index in [9.17, 15) is 28.1 Å². The minimum absolute atomic E-state index is 0.274. The monoisotopic (exact) mass is 450 g/mol. The van der Waals surface area contributed by atoms with Crippen molar-refractivity contribution in [3.8, 4) is 10.6 Å². The highest BCUT2D eigenvalue weighted by molar-refractivity contribution is 7.17. The first kappa shape index (κ1) is 22.2. The normalized spacial score (nSPS) is 11.3. The number of nitrogens with zero attached hydrogens (tertiary/aromatic N) is 2. The van der Waals surface area contributed by atoms with Crippen LogP contribution in [0.15, 0.2) is 42.5 Å². The molecule has 0 aliphatic heterocycles. The van der Waals surface area contributed by atoms with Gasteiger partial charge >= 0.3 is 6.18 Å². The molecule has 0 spiro atoms. The summed E-state index contributed by atoms with van der Waals surface area (Å²) < 4.78 is 38.4. The van der Waals surface area contributed by atoms with E-state index in [1.807, 2.05) is 31.2 Å². The number of thiazole rings is 1. The second-order valence-electron chi connectivity index (χ2n) is 6.55. The van der Waals surface area contributed by atoms with Crippen LogP contribution in [-0.4, -0.2) is 15.8 Å². The third-order valence-electron chi connectivity index (χ3n) is 4.44. The summed E-state index contributed by atoms with van der Waals surface area (Å²) in [5.41, 5.74) is 4.84. The number of nitro groups is 1. The molecular weight excluding hydrogens is 433 g/mol. The molecule has 0 aliphatic rings. The molecule has 7 nitrogen and oxygen atoms in total. The van der Waals surface area contributed by atoms with Gasteiger partial charge in [-0.05, 0) is 31.0 Å². The van der Waals surface area contributed by atoms with Crippen LogP contribution in [0, 0.1) is 17.0 Å². The Morgan fingerprint density at radius 1 is 1.19 bits per heavy atom. The number of anilines is 1. The van der Waals surface area contributed by atoms with E-state index >= 15 is 0 Å². The van der Waals surface area contributed by atoms with E-state index in [4.69, 9.17) is 0 Å². The fourth-order valence-corrected chi connectivity index (χ4v) is 3.73. The minimum atomic E-state index is -4.72. The number of halogens is 3. The van der Waals surface area contributed by atoms with E-state index in [2.05, 4.69) is 15.8 Å². The Labute approximate surface area is 179 Å². The molecule has 2 N–H and O–H groups in total. The Kier molecular flexibility index (Phi) is 6.25. The van der Waals surface area contributed by atoms with Crippen LogP contribution in [-0.2, 0) is 12.6 Å². The summed E-state index contributed by atoms with van der Waals surface area (Å²) in [7, 11) is 0. The van der Waals surface area contributed by atoms with Gasteiger partial charge in [-0.1, -0.05) is 31.2 Å². The molecule has 3 rings (SSSR count). The number of aromatic nitrogens is 1. The smallest absolute Gasteiger partial charge is 0.292 e. The van der Waals surface area contributed by atoms with Crippen LogP contribution in [0.5, 0.6) is 0 Å². The Balaban J connectivity index is 1.78. The highest BCUT2D eigenvalue weighted by atomic mass is 32.1. The van der Waals surface area contributed by atoms with Crippen LogP contribution >= 0.6 is 11.3 Å². The molecule has 162 valence electrons. The number of amides is 1. The van der Waals surface area contributed by atoms with Gasteiger partial charge in [-0.25, -0.2) is 4.98 Å². The molecule has 0 bridgehead atoms. The number of rotatable bonds is 6. The van der Waals surface area contributed by atoms with Crippen molar-refractivity contribution >= 4 is 28.6 Å². The highest BCUT2D eigenvalue weighted by Gasteiger charge is 2.33. The summed E-state index contributed by atoms with van der Waals surface area (Å²) in [6.07, 6.45) is -3.83. The van der Waals surface area contributed by atoms with Crippen molar-refractivity contribution in [2.45, 2.75) is 26.4 Å². The molecule has 0 atom stereocenters. The summed E-state index contributed by atoms with van der Waals surface area (Å²) >= 11 is 1.14. The number of nitrogens with one attached hydrogen (secondary N) is 2. The molecule has 31 heavy (non-hydrogen) atoms. The predicted octanol–water partition coefficient (Wildman–Crippen LogP) is 5.36. The lowest BCUT2D eigenvalue weighted by atomic mass is 10.1. The van der Waals surface area contributed by atoms with Crippen LogP contribution in [0.3, 0.4) is 0 Å². The fraction of sp³-hybridized carbons (Fsp3) is 0.200. The number of benzene rings is 2. The van der Waals surface area contributed by atoms with Crippen LogP contribution in [0.2, 0.25) is 0 Å². The van der Waals surface area contributed by atoms with Gasteiger partial charge in [0.15, 0.2) is 0 Å². The van der Waals surface area contributed by atoms with Crippen molar-refractivity contribution in [2.75, 3.05) is 5.43 Å². The molecule has 2 aromatic carbocycles. The zero-order valence-corrected chi connectivity index (χ0v) is 17.2. The molecular formula is C20H17F3N4O3S. The lowest BCUT2D eigenvalue weighted by Gasteiger charge is -2.11. The Bertz CT molecular complexity index is 1130. The highest BCUT2D eigenvalue weighted by Crippen LogP contribution is 2.35. The average Bonchev–Trinajstić information content (AvgIpc) is 3.12. The number of hydrogen-bond acceptors (Lipinski definition) is 6. The van der Waals surface area contributed by atoms with Crippen LogP contribution in [0.25, 0.3) is 10.6 Å². The van der Waals surface area contributed by atoms with Gasteiger partial charge in [-0.3, -0.25) is 25.8 Å². The van der Waals surface area contributed by atoms with Crippen molar-refractivity contribution in [1.82, 2.24) is 10.4 Å². The van der Waals surface area contributed by atoms with Gasteiger partial charge in [-0.2, -0.15) is 13.2 Å². The third kappa shape index (κ3) is 5.00. The predicted molar refractivity (Wildman–Crippen MR) is 111 cm³/mol. The van der Waals surface area contributed by atoms with E-state index in [0.717, 1.165) is 35.0 Å². The number of carbonyl (C=O) groups is 1. The Morgan fingerprint density at radius 2 is 1.87 bits per heavy atom.